The third-order valence-electron chi connectivity index (χ3n) is 3.62. The Balaban J connectivity index is 2.52. The fraction of sp³-hybridized carbons (Fsp3) is 0.333. The van der Waals surface area contributed by atoms with Crippen LogP contribution in [-0.2, 0) is 12.8 Å². The predicted molar refractivity (Wildman–Crippen MR) is 71.8 cm³/mol. The van der Waals surface area contributed by atoms with E-state index in [0.29, 0.717) is 0 Å². The van der Waals surface area contributed by atoms with E-state index in [1.165, 1.54) is 28.1 Å². The van der Waals surface area contributed by atoms with Gasteiger partial charge in [-0.1, -0.05) is 13.8 Å². The van der Waals surface area contributed by atoms with Gasteiger partial charge in [0.05, 0.1) is 5.52 Å². The molecule has 0 aliphatic heterocycles. The molecule has 3 rings (SSSR count). The molecule has 0 fully saturated rings. The van der Waals surface area contributed by atoms with Gasteiger partial charge in [-0.2, -0.15) is 0 Å². The summed E-state index contributed by atoms with van der Waals surface area (Å²) < 4.78 is 4.70. The number of aryl methyl sites for hydroxylation is 3. The van der Waals surface area contributed by atoms with E-state index < -0.39 is 0 Å². The van der Waals surface area contributed by atoms with Gasteiger partial charge in [-0.25, -0.2) is 0 Å². The molecule has 0 amide bonds. The quantitative estimate of drug-likeness (QED) is 0.631. The standard InChI is InChI=1S/C15H18N2/c1-4-12-7-9-15-16(12)10-11(3)14-8-6-13(5-2)17(14)15/h6-10H,4-5H2,1-3H3. The SMILES string of the molecule is CCc1ccc2n1cc(C)c1ccc(CC)n12. The molecule has 2 nitrogen and oxygen atoms in total. The Kier molecular flexibility index (Phi) is 2.25. The third kappa shape index (κ3) is 1.33. The van der Waals surface area contributed by atoms with E-state index >= 15 is 0 Å². The molecule has 0 aliphatic carbocycles. The van der Waals surface area contributed by atoms with Crippen LogP contribution in [0.4, 0.5) is 0 Å². The van der Waals surface area contributed by atoms with Gasteiger partial charge in [-0.15, -0.1) is 0 Å². The van der Waals surface area contributed by atoms with Crippen LogP contribution >= 0.6 is 0 Å². The van der Waals surface area contributed by atoms with Crippen LogP contribution < -0.4 is 0 Å². The largest absolute Gasteiger partial charge is 0.306 e. The number of hydrogen-bond acceptors (Lipinski definition) is 0. The van der Waals surface area contributed by atoms with Crippen molar-refractivity contribution in [2.45, 2.75) is 33.6 Å². The molecule has 0 N–H and O–H groups in total. The van der Waals surface area contributed by atoms with Crippen molar-refractivity contribution >= 4 is 11.2 Å². The number of fused-ring (bicyclic) bond motifs is 3. The maximum atomic E-state index is 2.38. The van der Waals surface area contributed by atoms with Crippen molar-refractivity contribution in [3.05, 3.63) is 47.4 Å². The Labute approximate surface area is 101 Å². The van der Waals surface area contributed by atoms with E-state index in [0.717, 1.165) is 12.8 Å². The second-order valence-electron chi connectivity index (χ2n) is 4.62. The van der Waals surface area contributed by atoms with E-state index in [-0.39, 0.29) is 0 Å². The summed E-state index contributed by atoms with van der Waals surface area (Å²) in [7, 11) is 0. The summed E-state index contributed by atoms with van der Waals surface area (Å²) in [5.41, 5.74) is 6.71. The van der Waals surface area contributed by atoms with Crippen LogP contribution in [0.2, 0.25) is 0 Å². The van der Waals surface area contributed by atoms with Gasteiger partial charge in [0, 0.05) is 17.6 Å². The molecule has 0 bridgehead atoms. The maximum absolute atomic E-state index is 2.38. The smallest absolute Gasteiger partial charge is 0.121 e. The average molecular weight is 226 g/mol. The highest BCUT2D eigenvalue weighted by atomic mass is 15.1. The molecule has 17 heavy (non-hydrogen) atoms. The summed E-state index contributed by atoms with van der Waals surface area (Å²) in [6, 6.07) is 8.92. The summed E-state index contributed by atoms with van der Waals surface area (Å²) in [5, 5.41) is 0. The monoisotopic (exact) mass is 226 g/mol. The van der Waals surface area contributed by atoms with Crippen LogP contribution in [0.25, 0.3) is 11.2 Å². The Morgan fingerprint density at radius 2 is 1.65 bits per heavy atom. The van der Waals surface area contributed by atoms with Crippen molar-refractivity contribution in [1.29, 1.82) is 0 Å². The molecule has 0 radical (unpaired) electrons. The van der Waals surface area contributed by atoms with Crippen molar-refractivity contribution in [3.8, 4) is 0 Å². The van der Waals surface area contributed by atoms with Crippen LogP contribution in [0.1, 0.15) is 30.8 Å². The predicted octanol–water partition coefficient (Wildman–Crippen LogP) is 3.63. The zero-order valence-corrected chi connectivity index (χ0v) is 10.7. The van der Waals surface area contributed by atoms with Crippen molar-refractivity contribution < 1.29 is 0 Å². The molecule has 0 aromatic carbocycles. The summed E-state index contributed by atoms with van der Waals surface area (Å²) in [5.74, 6) is 0. The summed E-state index contributed by atoms with van der Waals surface area (Å²) in [6.07, 6.45) is 4.39. The number of rotatable bonds is 2. The number of aromatic nitrogens is 2. The Morgan fingerprint density at radius 1 is 0.941 bits per heavy atom. The minimum absolute atomic E-state index is 1.07. The van der Waals surface area contributed by atoms with Gasteiger partial charge >= 0.3 is 0 Å². The highest BCUT2D eigenvalue weighted by Gasteiger charge is 2.09. The zero-order valence-electron chi connectivity index (χ0n) is 10.7. The molecule has 0 aliphatic rings. The summed E-state index contributed by atoms with van der Waals surface area (Å²) in [6.45, 7) is 6.61. The fourth-order valence-electron chi connectivity index (χ4n) is 2.69. The van der Waals surface area contributed by atoms with E-state index in [9.17, 15) is 0 Å². The second kappa shape index (κ2) is 3.66. The molecule has 0 unspecified atom stereocenters. The Bertz CT molecular complexity index is 686. The third-order valence-corrected chi connectivity index (χ3v) is 3.62. The molecule has 0 atom stereocenters. The first kappa shape index (κ1) is 10.5. The normalized spacial score (nSPS) is 11.7. The highest BCUT2D eigenvalue weighted by Crippen LogP contribution is 2.21. The molecule has 3 aromatic heterocycles. The first-order valence-corrected chi connectivity index (χ1v) is 6.36. The first-order valence-electron chi connectivity index (χ1n) is 6.36. The number of nitrogens with zero attached hydrogens (tertiary/aromatic N) is 2. The number of hydrogen-bond donors (Lipinski definition) is 0. The minimum atomic E-state index is 1.07. The van der Waals surface area contributed by atoms with Crippen LogP contribution in [0, 0.1) is 6.92 Å². The van der Waals surface area contributed by atoms with E-state index in [1.807, 2.05) is 0 Å². The summed E-state index contributed by atoms with van der Waals surface area (Å²) >= 11 is 0. The molecular weight excluding hydrogens is 208 g/mol. The minimum Gasteiger partial charge on any atom is -0.306 e. The Hall–Kier alpha value is -1.70. The first-order chi connectivity index (χ1) is 8.26. The van der Waals surface area contributed by atoms with Crippen molar-refractivity contribution in [2.24, 2.45) is 0 Å². The maximum Gasteiger partial charge on any atom is 0.121 e. The van der Waals surface area contributed by atoms with E-state index in [2.05, 4.69) is 60.0 Å². The molecule has 3 aromatic rings. The van der Waals surface area contributed by atoms with Gasteiger partial charge in [-0.05, 0) is 49.6 Å². The molecule has 0 saturated heterocycles. The van der Waals surface area contributed by atoms with Gasteiger partial charge in [0.1, 0.15) is 5.65 Å². The van der Waals surface area contributed by atoms with Gasteiger partial charge in [0.25, 0.3) is 0 Å². The van der Waals surface area contributed by atoms with Crippen molar-refractivity contribution in [1.82, 2.24) is 8.80 Å². The molecule has 2 heteroatoms. The highest BCUT2D eigenvalue weighted by molar-refractivity contribution is 5.63. The van der Waals surface area contributed by atoms with Crippen LogP contribution in [0.3, 0.4) is 0 Å². The average Bonchev–Trinajstić information content (AvgIpc) is 2.91. The van der Waals surface area contributed by atoms with Gasteiger partial charge in [0.15, 0.2) is 0 Å². The molecule has 0 saturated carbocycles. The van der Waals surface area contributed by atoms with Crippen LogP contribution in [-0.4, -0.2) is 8.80 Å². The lowest BCUT2D eigenvalue weighted by atomic mass is 10.3. The molecular formula is C15H18N2. The van der Waals surface area contributed by atoms with Crippen LogP contribution in [0.15, 0.2) is 30.5 Å². The van der Waals surface area contributed by atoms with Crippen molar-refractivity contribution in [3.63, 3.8) is 0 Å². The van der Waals surface area contributed by atoms with Gasteiger partial charge in [0.2, 0.25) is 0 Å². The molecule has 3 heterocycles. The van der Waals surface area contributed by atoms with Gasteiger partial charge < -0.3 is 4.40 Å². The lowest BCUT2D eigenvalue weighted by Gasteiger charge is -2.09. The lowest BCUT2D eigenvalue weighted by Crippen LogP contribution is -2.01. The fourth-order valence-corrected chi connectivity index (χ4v) is 2.69. The lowest BCUT2D eigenvalue weighted by molar-refractivity contribution is 0.934. The molecule has 88 valence electrons. The summed E-state index contributed by atoms with van der Waals surface area (Å²) in [4.78, 5) is 0. The van der Waals surface area contributed by atoms with E-state index in [4.69, 9.17) is 0 Å². The van der Waals surface area contributed by atoms with Crippen LogP contribution in [0.5, 0.6) is 0 Å². The second-order valence-corrected chi connectivity index (χ2v) is 4.62. The van der Waals surface area contributed by atoms with Crippen molar-refractivity contribution in [2.75, 3.05) is 0 Å². The zero-order chi connectivity index (χ0) is 12.0. The van der Waals surface area contributed by atoms with Gasteiger partial charge in [-0.3, -0.25) is 4.40 Å². The molecule has 0 spiro atoms. The van der Waals surface area contributed by atoms with E-state index in [1.54, 1.807) is 0 Å². The topological polar surface area (TPSA) is 8.82 Å². The Morgan fingerprint density at radius 3 is 2.35 bits per heavy atom.